The van der Waals surface area contributed by atoms with E-state index in [0.717, 1.165) is 4.90 Å². The SMILES string of the molecule is C=CCN(CC(=O)O)C(=O)CCNC(=O)c1ccco1. The summed E-state index contributed by atoms with van der Waals surface area (Å²) in [7, 11) is 0. The topological polar surface area (TPSA) is 99.9 Å². The second kappa shape index (κ2) is 7.78. The van der Waals surface area contributed by atoms with Crippen LogP contribution < -0.4 is 5.32 Å². The average Bonchev–Trinajstić information content (AvgIpc) is 2.91. The van der Waals surface area contributed by atoms with Gasteiger partial charge in [-0.3, -0.25) is 14.4 Å². The summed E-state index contributed by atoms with van der Waals surface area (Å²) < 4.78 is 4.89. The summed E-state index contributed by atoms with van der Waals surface area (Å²) in [6, 6.07) is 3.09. The molecule has 2 amide bonds. The predicted molar refractivity (Wildman–Crippen MR) is 70.1 cm³/mol. The number of amides is 2. The Bertz CT molecular complexity index is 481. The largest absolute Gasteiger partial charge is 0.480 e. The third kappa shape index (κ3) is 4.97. The maximum Gasteiger partial charge on any atom is 0.323 e. The van der Waals surface area contributed by atoms with Gasteiger partial charge in [0.05, 0.1) is 6.26 Å². The van der Waals surface area contributed by atoms with Gasteiger partial charge in [-0.1, -0.05) is 6.08 Å². The van der Waals surface area contributed by atoms with Crippen LogP contribution in [0.1, 0.15) is 17.0 Å². The summed E-state index contributed by atoms with van der Waals surface area (Å²) in [5, 5.41) is 11.2. The van der Waals surface area contributed by atoms with Gasteiger partial charge in [-0.05, 0) is 12.1 Å². The van der Waals surface area contributed by atoms with Gasteiger partial charge in [-0.15, -0.1) is 6.58 Å². The van der Waals surface area contributed by atoms with Crippen molar-refractivity contribution in [2.75, 3.05) is 19.6 Å². The Morgan fingerprint density at radius 3 is 2.75 bits per heavy atom. The van der Waals surface area contributed by atoms with E-state index in [1.807, 2.05) is 0 Å². The quantitative estimate of drug-likeness (QED) is 0.675. The first kappa shape index (κ1) is 15.5. The Balaban J connectivity index is 2.39. The predicted octanol–water partition coefficient (Wildman–Crippen LogP) is 0.499. The van der Waals surface area contributed by atoms with E-state index in [9.17, 15) is 14.4 Å². The van der Waals surface area contributed by atoms with E-state index in [4.69, 9.17) is 9.52 Å². The number of rotatable bonds is 8. The maximum absolute atomic E-state index is 11.8. The number of carboxylic acids is 1. The van der Waals surface area contributed by atoms with Gasteiger partial charge < -0.3 is 19.7 Å². The summed E-state index contributed by atoms with van der Waals surface area (Å²) in [6.07, 6.45) is 2.83. The standard InChI is InChI=1S/C13H16N2O5/c1-2-7-15(9-12(17)18)11(16)5-6-14-13(19)10-4-3-8-20-10/h2-4,8H,1,5-7,9H2,(H,14,19)(H,17,18). The molecule has 1 heterocycles. The lowest BCUT2D eigenvalue weighted by Crippen LogP contribution is -2.37. The third-order valence-corrected chi connectivity index (χ3v) is 2.40. The molecule has 2 N–H and O–H groups in total. The minimum absolute atomic E-state index is 0.00751. The molecule has 108 valence electrons. The third-order valence-electron chi connectivity index (χ3n) is 2.40. The number of carboxylic acid groups (broad SMARTS) is 1. The van der Waals surface area contributed by atoms with E-state index in [1.54, 1.807) is 6.07 Å². The number of nitrogens with one attached hydrogen (secondary N) is 1. The van der Waals surface area contributed by atoms with Crippen molar-refractivity contribution >= 4 is 17.8 Å². The molecule has 0 saturated heterocycles. The summed E-state index contributed by atoms with van der Waals surface area (Å²) in [4.78, 5) is 35.1. The van der Waals surface area contributed by atoms with E-state index >= 15 is 0 Å². The molecule has 20 heavy (non-hydrogen) atoms. The smallest absolute Gasteiger partial charge is 0.323 e. The Morgan fingerprint density at radius 2 is 2.20 bits per heavy atom. The lowest BCUT2D eigenvalue weighted by atomic mass is 10.3. The van der Waals surface area contributed by atoms with Crippen LogP contribution in [0.5, 0.6) is 0 Å². The van der Waals surface area contributed by atoms with Crippen LogP contribution in [0.15, 0.2) is 35.5 Å². The molecule has 0 unspecified atom stereocenters. The van der Waals surface area contributed by atoms with Crippen molar-refractivity contribution in [2.24, 2.45) is 0 Å². The normalized spacial score (nSPS) is 9.80. The first-order valence-electron chi connectivity index (χ1n) is 5.96. The number of hydrogen-bond acceptors (Lipinski definition) is 4. The van der Waals surface area contributed by atoms with Gasteiger partial charge in [0.15, 0.2) is 5.76 Å². The fourth-order valence-corrected chi connectivity index (χ4v) is 1.51. The van der Waals surface area contributed by atoms with Crippen LogP contribution in [0, 0.1) is 0 Å². The summed E-state index contributed by atoms with van der Waals surface area (Å²) in [5.74, 6) is -1.73. The number of carbonyl (C=O) groups is 3. The molecule has 7 nitrogen and oxygen atoms in total. The van der Waals surface area contributed by atoms with E-state index in [-0.39, 0.29) is 31.2 Å². The molecule has 0 aliphatic heterocycles. The summed E-state index contributed by atoms with van der Waals surface area (Å²) in [5.41, 5.74) is 0. The zero-order valence-corrected chi connectivity index (χ0v) is 10.9. The number of nitrogens with zero attached hydrogens (tertiary/aromatic N) is 1. The molecule has 0 aromatic carbocycles. The molecular formula is C13H16N2O5. The van der Waals surface area contributed by atoms with Gasteiger partial charge in [-0.25, -0.2) is 0 Å². The Hall–Kier alpha value is -2.57. The maximum atomic E-state index is 11.8. The van der Waals surface area contributed by atoms with Crippen molar-refractivity contribution < 1.29 is 23.9 Å². The summed E-state index contributed by atoms with van der Waals surface area (Å²) >= 11 is 0. The van der Waals surface area contributed by atoms with Gasteiger partial charge in [0.2, 0.25) is 5.91 Å². The minimum atomic E-state index is -1.10. The second-order valence-corrected chi connectivity index (χ2v) is 3.94. The van der Waals surface area contributed by atoms with E-state index < -0.39 is 18.4 Å². The number of hydrogen-bond donors (Lipinski definition) is 2. The highest BCUT2D eigenvalue weighted by molar-refractivity contribution is 5.91. The van der Waals surface area contributed by atoms with E-state index in [1.165, 1.54) is 18.4 Å². The fraction of sp³-hybridized carbons (Fsp3) is 0.308. The summed E-state index contributed by atoms with van der Waals surface area (Å²) in [6.45, 7) is 3.32. The van der Waals surface area contributed by atoms with Gasteiger partial charge in [-0.2, -0.15) is 0 Å². The first-order chi connectivity index (χ1) is 9.54. The molecular weight excluding hydrogens is 264 g/mol. The number of carbonyl (C=O) groups excluding carboxylic acids is 2. The van der Waals surface area contributed by atoms with Gasteiger partial charge >= 0.3 is 5.97 Å². The molecule has 0 aliphatic carbocycles. The van der Waals surface area contributed by atoms with Gasteiger partial charge in [0, 0.05) is 19.5 Å². The second-order valence-electron chi connectivity index (χ2n) is 3.94. The van der Waals surface area contributed by atoms with Crippen molar-refractivity contribution in [1.29, 1.82) is 0 Å². The molecule has 0 fully saturated rings. The van der Waals surface area contributed by atoms with E-state index in [0.29, 0.717) is 0 Å². The molecule has 7 heteroatoms. The Morgan fingerprint density at radius 1 is 1.45 bits per heavy atom. The minimum Gasteiger partial charge on any atom is -0.480 e. The van der Waals surface area contributed by atoms with Crippen molar-refractivity contribution in [3.8, 4) is 0 Å². The lowest BCUT2D eigenvalue weighted by molar-refractivity contribution is -0.144. The molecule has 0 spiro atoms. The highest BCUT2D eigenvalue weighted by atomic mass is 16.4. The molecule has 0 atom stereocenters. The zero-order chi connectivity index (χ0) is 15.0. The van der Waals surface area contributed by atoms with Crippen LogP contribution in [-0.4, -0.2) is 47.4 Å². The molecule has 1 rings (SSSR count). The Labute approximate surface area is 115 Å². The lowest BCUT2D eigenvalue weighted by Gasteiger charge is -2.18. The van der Waals surface area contributed by atoms with E-state index in [2.05, 4.69) is 11.9 Å². The van der Waals surface area contributed by atoms with Crippen LogP contribution in [0.2, 0.25) is 0 Å². The zero-order valence-electron chi connectivity index (χ0n) is 10.9. The molecule has 0 bridgehead atoms. The highest BCUT2D eigenvalue weighted by Gasteiger charge is 2.16. The molecule has 1 aromatic heterocycles. The van der Waals surface area contributed by atoms with Crippen molar-refractivity contribution in [3.05, 3.63) is 36.8 Å². The van der Waals surface area contributed by atoms with Crippen LogP contribution in [0.4, 0.5) is 0 Å². The van der Waals surface area contributed by atoms with Crippen molar-refractivity contribution in [3.63, 3.8) is 0 Å². The number of furan rings is 1. The first-order valence-corrected chi connectivity index (χ1v) is 5.96. The van der Waals surface area contributed by atoms with Crippen molar-refractivity contribution in [2.45, 2.75) is 6.42 Å². The van der Waals surface area contributed by atoms with Crippen LogP contribution in [0.25, 0.3) is 0 Å². The van der Waals surface area contributed by atoms with Gasteiger partial charge in [0.25, 0.3) is 5.91 Å². The molecule has 0 radical (unpaired) electrons. The van der Waals surface area contributed by atoms with Crippen molar-refractivity contribution in [1.82, 2.24) is 10.2 Å². The van der Waals surface area contributed by atoms with Crippen LogP contribution in [0.3, 0.4) is 0 Å². The van der Waals surface area contributed by atoms with Crippen LogP contribution in [-0.2, 0) is 9.59 Å². The number of aliphatic carboxylic acids is 1. The average molecular weight is 280 g/mol. The van der Waals surface area contributed by atoms with Crippen LogP contribution >= 0.6 is 0 Å². The molecule has 0 aliphatic rings. The highest BCUT2D eigenvalue weighted by Crippen LogP contribution is 2.00. The Kier molecular flexibility index (Phi) is 6.02. The molecule has 0 saturated carbocycles. The fourth-order valence-electron chi connectivity index (χ4n) is 1.51. The molecule has 1 aromatic rings. The monoisotopic (exact) mass is 280 g/mol. The van der Waals surface area contributed by atoms with Gasteiger partial charge in [0.1, 0.15) is 6.54 Å².